The van der Waals surface area contributed by atoms with Gasteiger partial charge < -0.3 is 15.2 Å². The summed E-state index contributed by atoms with van der Waals surface area (Å²) in [5.41, 5.74) is 7.59. The minimum Gasteiger partial charge on any atom is -0.466 e. The van der Waals surface area contributed by atoms with E-state index in [-0.39, 0.29) is 22.8 Å². The zero-order valence-corrected chi connectivity index (χ0v) is 29.3. The second-order valence-electron chi connectivity index (χ2n) is 15.0. The number of nitrogens with zero attached hydrogens (tertiary/aromatic N) is 1. The zero-order valence-electron chi connectivity index (χ0n) is 28.5. The van der Waals surface area contributed by atoms with Crippen LogP contribution in [0.1, 0.15) is 136 Å². The Morgan fingerprint density at radius 1 is 0.933 bits per heavy atom. The smallest absolute Gasteiger partial charge is 0.305 e. The van der Waals surface area contributed by atoms with Gasteiger partial charge in [-0.3, -0.25) is 20.2 Å². The maximum absolute atomic E-state index is 12.3. The van der Waals surface area contributed by atoms with Gasteiger partial charge in [0.25, 0.3) is 0 Å². The van der Waals surface area contributed by atoms with E-state index in [1.807, 2.05) is 11.8 Å². The first-order chi connectivity index (χ1) is 21.7. The molecule has 260 valence electrons. The minimum absolute atomic E-state index is 0.0868. The first-order valence-electron chi connectivity index (χ1n) is 18.2. The zero-order chi connectivity index (χ0) is 32.1. The van der Waals surface area contributed by atoms with Crippen molar-refractivity contribution < 1.29 is 19.4 Å². The lowest BCUT2D eigenvalue weighted by atomic mass is 9.69. The van der Waals surface area contributed by atoms with Crippen LogP contribution in [0.2, 0.25) is 0 Å². The van der Waals surface area contributed by atoms with Gasteiger partial charge in [-0.25, -0.2) is 10.4 Å². The molecular weight excluding hydrogens is 588 g/mol. The van der Waals surface area contributed by atoms with Crippen molar-refractivity contribution in [2.45, 2.75) is 172 Å². The molecule has 6 N–H and O–H groups in total. The van der Waals surface area contributed by atoms with E-state index >= 15 is 0 Å². The van der Waals surface area contributed by atoms with Gasteiger partial charge in [0.1, 0.15) is 0 Å². The summed E-state index contributed by atoms with van der Waals surface area (Å²) in [6.45, 7) is 9.22. The third-order valence-corrected chi connectivity index (χ3v) is 11.9. The van der Waals surface area contributed by atoms with Crippen LogP contribution in [0.15, 0.2) is 0 Å². The molecule has 4 fully saturated rings. The third-order valence-electron chi connectivity index (χ3n) is 10.4. The van der Waals surface area contributed by atoms with E-state index in [4.69, 9.17) is 4.74 Å². The van der Waals surface area contributed by atoms with Gasteiger partial charge in [-0.1, -0.05) is 65.7 Å². The van der Waals surface area contributed by atoms with Crippen LogP contribution in [0.4, 0.5) is 0 Å². The molecule has 1 spiro atoms. The van der Waals surface area contributed by atoms with E-state index in [0.29, 0.717) is 49.4 Å². The van der Waals surface area contributed by atoms with Crippen LogP contribution in [-0.4, -0.2) is 82.7 Å². The first kappa shape index (κ1) is 36.9. The number of fused-ring (bicyclic) bond motifs is 1. The fourth-order valence-corrected chi connectivity index (χ4v) is 9.58. The quantitative estimate of drug-likeness (QED) is 0.0990. The number of aliphatic hydroxyl groups excluding tert-OH is 1. The second-order valence-corrected chi connectivity index (χ2v) is 16.3. The number of amides is 1. The number of ether oxygens (including phenoxy) is 1. The Labute approximate surface area is 277 Å². The van der Waals surface area contributed by atoms with Gasteiger partial charge in [-0.15, -0.1) is 0 Å². The molecule has 3 aliphatic heterocycles. The molecule has 3 heterocycles. The van der Waals surface area contributed by atoms with Crippen LogP contribution < -0.4 is 26.9 Å². The lowest BCUT2D eigenvalue weighted by molar-refractivity contribution is -0.143. The van der Waals surface area contributed by atoms with Crippen molar-refractivity contribution in [3.05, 3.63) is 0 Å². The molecule has 45 heavy (non-hydrogen) atoms. The van der Waals surface area contributed by atoms with Crippen molar-refractivity contribution in [3.8, 4) is 0 Å². The van der Waals surface area contributed by atoms with Gasteiger partial charge in [-0.2, -0.15) is 17.3 Å². The van der Waals surface area contributed by atoms with Crippen LogP contribution in [0, 0.1) is 5.41 Å². The molecule has 2 unspecified atom stereocenters. The van der Waals surface area contributed by atoms with E-state index in [9.17, 15) is 14.7 Å². The number of unbranched alkanes of at least 4 members (excludes halogenated alkanes) is 5. The Bertz CT molecular complexity index is 896. The summed E-state index contributed by atoms with van der Waals surface area (Å²) in [5.74, 6) is 1.07. The first-order valence-corrected chi connectivity index (χ1v) is 19.3. The average Bonchev–Trinajstić information content (AvgIpc) is 3.65. The number of carbonyl (C=O) groups excluding carboxylic acids is 2. The maximum atomic E-state index is 12.3. The van der Waals surface area contributed by atoms with E-state index in [1.54, 1.807) is 0 Å². The molecule has 1 amide bonds. The van der Waals surface area contributed by atoms with E-state index < -0.39 is 6.35 Å². The molecule has 0 aromatic rings. The summed E-state index contributed by atoms with van der Waals surface area (Å²) in [6, 6.07) is 1.13. The number of hydrogen-bond donors (Lipinski definition) is 6. The predicted molar refractivity (Wildman–Crippen MR) is 182 cm³/mol. The highest BCUT2D eigenvalue weighted by Crippen LogP contribution is 2.42. The minimum atomic E-state index is -0.580. The summed E-state index contributed by atoms with van der Waals surface area (Å²) in [7, 11) is 0. The Morgan fingerprint density at radius 3 is 2.44 bits per heavy atom. The molecule has 11 heteroatoms. The van der Waals surface area contributed by atoms with Crippen molar-refractivity contribution in [1.82, 2.24) is 31.9 Å². The lowest BCUT2D eigenvalue weighted by Crippen LogP contribution is -2.57. The molecule has 4 rings (SSSR count). The number of carbonyl (C=O) groups is 2. The highest BCUT2D eigenvalue weighted by atomic mass is 32.2. The number of hydrogen-bond acceptors (Lipinski definition) is 10. The second kappa shape index (κ2) is 18.6. The normalized spacial score (nSPS) is 28.6. The van der Waals surface area contributed by atoms with Crippen LogP contribution in [0.25, 0.3) is 0 Å². The van der Waals surface area contributed by atoms with Gasteiger partial charge in [0.2, 0.25) is 5.91 Å². The van der Waals surface area contributed by atoms with Crippen LogP contribution in [-0.2, 0) is 14.3 Å². The predicted octanol–water partition coefficient (Wildman–Crippen LogP) is 4.48. The van der Waals surface area contributed by atoms with Crippen LogP contribution >= 0.6 is 11.8 Å². The van der Waals surface area contributed by atoms with Crippen LogP contribution in [0.3, 0.4) is 0 Å². The number of thioether (sulfide) groups is 1. The molecule has 4 aliphatic rings. The summed E-state index contributed by atoms with van der Waals surface area (Å²) in [4.78, 5) is 24.4. The Kier molecular flexibility index (Phi) is 15.2. The molecular formula is C34H64N6O4S. The third kappa shape index (κ3) is 11.3. The number of esters is 1. The SMILES string of the molecule is CC(C)(C)C1NNN(CCCCCC(=O)OCCCCCNC(=O)CCCC[C@H]2SC[C@@H]3NC(O)N[C@@H]32)C12CCCCCCC2. The molecule has 0 radical (unpaired) electrons. The fraction of sp³-hybridized carbons (Fsp3) is 0.941. The molecule has 0 aromatic heterocycles. The molecule has 0 bridgehead atoms. The highest BCUT2D eigenvalue weighted by molar-refractivity contribution is 8.00. The summed E-state index contributed by atoms with van der Waals surface area (Å²) < 4.78 is 5.47. The fourth-order valence-electron chi connectivity index (χ4n) is 8.01. The van der Waals surface area contributed by atoms with Crippen molar-refractivity contribution in [2.75, 3.05) is 25.4 Å². The monoisotopic (exact) mass is 652 g/mol. The molecule has 3 saturated heterocycles. The number of nitrogens with one attached hydrogen (secondary N) is 5. The molecule has 1 saturated carbocycles. The van der Waals surface area contributed by atoms with E-state index in [2.05, 4.69) is 52.7 Å². The van der Waals surface area contributed by atoms with Crippen LogP contribution in [0.5, 0.6) is 0 Å². The van der Waals surface area contributed by atoms with Gasteiger partial charge in [-0.05, 0) is 63.2 Å². The molecule has 5 atom stereocenters. The number of hydrazine groups is 2. The van der Waals surface area contributed by atoms with E-state index in [1.165, 1.54) is 44.9 Å². The van der Waals surface area contributed by atoms with Crippen molar-refractivity contribution in [1.29, 1.82) is 0 Å². The van der Waals surface area contributed by atoms with Gasteiger partial charge in [0.15, 0.2) is 6.35 Å². The highest BCUT2D eigenvalue weighted by Gasteiger charge is 2.52. The van der Waals surface area contributed by atoms with E-state index in [0.717, 1.165) is 70.1 Å². The number of aliphatic hydroxyl groups is 1. The number of rotatable bonds is 17. The standard InChI is InChI=1S/C34H64N6O4S/c1-33(2,3)31-34(20-12-5-4-6-13-21-34)40(39-38-31)23-15-7-9-19-29(42)44-24-16-8-14-22-35-28(41)18-11-10-17-27-30-26(25-45-27)36-32(43)37-30/h26-27,30-32,36-39,43H,4-25H2,1-3H3,(H,35,41)/t26-,27+,30-,31?,32?/m0/s1. The van der Waals surface area contributed by atoms with Crippen molar-refractivity contribution in [2.24, 2.45) is 5.41 Å². The van der Waals surface area contributed by atoms with Gasteiger partial charge in [0, 0.05) is 55.1 Å². The Balaban J connectivity index is 0.965. The van der Waals surface area contributed by atoms with Gasteiger partial charge >= 0.3 is 5.97 Å². The molecule has 1 aliphatic carbocycles. The largest absolute Gasteiger partial charge is 0.466 e. The summed E-state index contributed by atoms with van der Waals surface area (Å²) in [5, 5.41) is 22.1. The maximum Gasteiger partial charge on any atom is 0.305 e. The molecule has 0 aromatic carbocycles. The Morgan fingerprint density at radius 2 is 1.67 bits per heavy atom. The molecule has 10 nitrogen and oxygen atoms in total. The summed E-state index contributed by atoms with van der Waals surface area (Å²) in [6.07, 6.45) is 18.3. The van der Waals surface area contributed by atoms with Gasteiger partial charge in [0.05, 0.1) is 12.1 Å². The Hall–Kier alpha value is -0.950. The summed E-state index contributed by atoms with van der Waals surface area (Å²) >= 11 is 1.96. The topological polar surface area (TPSA) is 127 Å². The van der Waals surface area contributed by atoms with Crippen molar-refractivity contribution >= 4 is 23.6 Å². The lowest BCUT2D eigenvalue weighted by Gasteiger charge is -2.46. The van der Waals surface area contributed by atoms with Crippen molar-refractivity contribution in [3.63, 3.8) is 0 Å². The average molecular weight is 653 g/mol.